The third-order valence-corrected chi connectivity index (χ3v) is 5.27. The van der Waals surface area contributed by atoms with Crippen LogP contribution >= 0.6 is 0 Å². The van der Waals surface area contributed by atoms with Crippen LogP contribution in [0.3, 0.4) is 0 Å². The number of nitro benzene ring substituents is 1. The number of non-ortho nitro benzene ring substituents is 1. The quantitative estimate of drug-likeness (QED) is 0.555. The summed E-state index contributed by atoms with van der Waals surface area (Å²) in [5.41, 5.74) is 0.299. The highest BCUT2D eigenvalue weighted by atomic mass is 32.2. The molecule has 0 unspecified atom stereocenters. The fourth-order valence-corrected chi connectivity index (χ4v) is 3.70. The van der Waals surface area contributed by atoms with Gasteiger partial charge in [0, 0.05) is 18.7 Å². The molecule has 0 bridgehead atoms. The normalized spacial score (nSPS) is 11.3. The number of amides is 1. The van der Waals surface area contributed by atoms with Crippen LogP contribution in [-0.2, 0) is 10.0 Å². The summed E-state index contributed by atoms with van der Waals surface area (Å²) in [5.74, 6) is -0.164. The molecule has 0 aromatic heterocycles. The summed E-state index contributed by atoms with van der Waals surface area (Å²) in [4.78, 5) is 22.5. The molecule has 2 N–H and O–H groups in total. The van der Waals surface area contributed by atoms with Crippen LogP contribution in [0.1, 0.15) is 29.8 Å². The lowest BCUT2D eigenvalue weighted by Crippen LogP contribution is -2.28. The molecule has 0 atom stereocenters. The van der Waals surface area contributed by atoms with Crippen LogP contribution in [0.5, 0.6) is 0 Å². The Bertz CT molecular complexity index is 971. The van der Waals surface area contributed by atoms with E-state index in [1.54, 1.807) is 19.1 Å². The first-order valence-corrected chi connectivity index (χ1v) is 9.75. The van der Waals surface area contributed by atoms with Crippen LogP contribution in [0, 0.1) is 23.0 Å². The van der Waals surface area contributed by atoms with Crippen molar-refractivity contribution < 1.29 is 18.1 Å². The van der Waals surface area contributed by atoms with Gasteiger partial charge in [-0.05, 0) is 30.5 Å². The van der Waals surface area contributed by atoms with E-state index in [0.29, 0.717) is 12.1 Å². The lowest BCUT2D eigenvalue weighted by Gasteiger charge is -2.14. The van der Waals surface area contributed by atoms with E-state index in [4.69, 9.17) is 0 Å². The van der Waals surface area contributed by atoms with Crippen LogP contribution < -0.4 is 10.0 Å². The predicted molar refractivity (Wildman–Crippen MR) is 102 cm³/mol. The molecule has 0 fully saturated rings. The van der Waals surface area contributed by atoms with Crippen molar-refractivity contribution in [1.29, 1.82) is 0 Å². The molecule has 0 heterocycles. The molecule has 0 radical (unpaired) electrons. The molecule has 1 amide bonds. The molecule has 8 nitrogen and oxygen atoms in total. The number of sulfonamides is 1. The maximum absolute atomic E-state index is 12.8. The molecule has 0 spiro atoms. The number of carbonyl (C=O) groups is 1. The van der Waals surface area contributed by atoms with Gasteiger partial charge in [0.1, 0.15) is 0 Å². The number of nitrogens with zero attached hydrogens (tertiary/aromatic N) is 1. The number of nitrogens with one attached hydrogen (secondary N) is 2. The van der Waals surface area contributed by atoms with E-state index in [9.17, 15) is 23.3 Å². The van der Waals surface area contributed by atoms with Gasteiger partial charge < -0.3 is 5.32 Å². The Morgan fingerprint density at radius 1 is 1.19 bits per heavy atom. The molecule has 2 aromatic carbocycles. The maximum Gasteiger partial charge on any atom is 0.270 e. The Balaban J connectivity index is 2.38. The average Bonchev–Trinajstić information content (AvgIpc) is 2.59. The third kappa shape index (κ3) is 5.04. The number of carbonyl (C=O) groups excluding carboxylic acids is 1. The third-order valence-electron chi connectivity index (χ3n) is 3.76. The van der Waals surface area contributed by atoms with E-state index >= 15 is 0 Å². The first-order chi connectivity index (χ1) is 12.6. The highest BCUT2D eigenvalue weighted by Crippen LogP contribution is 2.25. The second-order valence-electron chi connectivity index (χ2n) is 6.46. The second-order valence-corrected chi connectivity index (χ2v) is 8.11. The minimum Gasteiger partial charge on any atom is -0.352 e. The summed E-state index contributed by atoms with van der Waals surface area (Å²) in [6.07, 6.45) is 0. The monoisotopic (exact) mass is 391 g/mol. The Kier molecular flexibility index (Phi) is 6.17. The van der Waals surface area contributed by atoms with Crippen molar-refractivity contribution >= 4 is 27.3 Å². The van der Waals surface area contributed by atoms with Crippen LogP contribution in [0.25, 0.3) is 0 Å². The van der Waals surface area contributed by atoms with E-state index < -0.39 is 20.9 Å². The van der Waals surface area contributed by atoms with Crippen LogP contribution in [0.2, 0.25) is 0 Å². The minimum absolute atomic E-state index is 0.102. The van der Waals surface area contributed by atoms with Gasteiger partial charge in [-0.1, -0.05) is 32.0 Å². The van der Waals surface area contributed by atoms with Crippen LogP contribution in [-0.4, -0.2) is 25.8 Å². The van der Waals surface area contributed by atoms with Crippen molar-refractivity contribution in [3.05, 3.63) is 63.7 Å². The van der Waals surface area contributed by atoms with Crippen molar-refractivity contribution in [2.75, 3.05) is 11.3 Å². The molecule has 0 aliphatic heterocycles. The number of nitro groups is 1. The molecule has 0 saturated heterocycles. The van der Waals surface area contributed by atoms with Crippen molar-refractivity contribution in [2.24, 2.45) is 5.92 Å². The Labute approximate surface area is 157 Å². The summed E-state index contributed by atoms with van der Waals surface area (Å²) < 4.78 is 27.9. The molecule has 2 aromatic rings. The summed E-state index contributed by atoms with van der Waals surface area (Å²) in [6.45, 7) is 5.88. The Hall–Kier alpha value is -2.94. The van der Waals surface area contributed by atoms with Crippen molar-refractivity contribution in [3.8, 4) is 0 Å². The first-order valence-electron chi connectivity index (χ1n) is 8.27. The number of para-hydroxylation sites is 1. The fourth-order valence-electron chi connectivity index (χ4n) is 2.35. The van der Waals surface area contributed by atoms with Gasteiger partial charge in [-0.3, -0.25) is 19.6 Å². The molecule has 0 aliphatic carbocycles. The molecule has 0 saturated carbocycles. The van der Waals surface area contributed by atoms with E-state index in [-0.39, 0.29) is 27.8 Å². The van der Waals surface area contributed by atoms with Gasteiger partial charge in [-0.15, -0.1) is 0 Å². The standard InChI is InChI=1S/C18H21N3O5S/c1-12(2)11-19-18(22)15-6-4-5-7-16(15)20-27(25,26)17-10-14(21(23)24)9-8-13(17)3/h4-10,12,20H,11H2,1-3H3,(H,19,22). The minimum atomic E-state index is -4.12. The SMILES string of the molecule is Cc1ccc([N+](=O)[O-])cc1S(=O)(=O)Nc1ccccc1C(=O)NCC(C)C. The van der Waals surface area contributed by atoms with Crippen LogP contribution in [0.4, 0.5) is 11.4 Å². The smallest absolute Gasteiger partial charge is 0.270 e. The largest absolute Gasteiger partial charge is 0.352 e. The first kappa shape index (κ1) is 20.4. The van der Waals surface area contributed by atoms with E-state index in [0.717, 1.165) is 6.07 Å². The zero-order valence-corrected chi connectivity index (χ0v) is 16.0. The molecular formula is C18H21N3O5S. The van der Waals surface area contributed by atoms with Crippen molar-refractivity contribution in [3.63, 3.8) is 0 Å². The number of benzene rings is 2. The highest BCUT2D eigenvalue weighted by Gasteiger charge is 2.23. The average molecular weight is 391 g/mol. The zero-order chi connectivity index (χ0) is 20.2. The summed E-state index contributed by atoms with van der Waals surface area (Å²) >= 11 is 0. The summed E-state index contributed by atoms with van der Waals surface area (Å²) in [5, 5.41) is 13.7. The number of hydrogen-bond donors (Lipinski definition) is 2. The second kappa shape index (κ2) is 8.17. The van der Waals surface area contributed by atoms with Gasteiger partial charge in [0.25, 0.3) is 21.6 Å². The Morgan fingerprint density at radius 2 is 1.85 bits per heavy atom. The molecule has 2 rings (SSSR count). The predicted octanol–water partition coefficient (Wildman–Crippen LogP) is 3.09. The number of rotatable bonds is 7. The number of hydrogen-bond acceptors (Lipinski definition) is 5. The highest BCUT2D eigenvalue weighted by molar-refractivity contribution is 7.92. The molecule has 0 aliphatic rings. The van der Waals surface area contributed by atoms with E-state index in [1.807, 2.05) is 13.8 Å². The van der Waals surface area contributed by atoms with E-state index in [2.05, 4.69) is 10.0 Å². The lowest BCUT2D eigenvalue weighted by atomic mass is 10.1. The molecule has 9 heteroatoms. The number of anilines is 1. The van der Waals surface area contributed by atoms with Crippen molar-refractivity contribution in [2.45, 2.75) is 25.7 Å². The fraction of sp³-hybridized carbons (Fsp3) is 0.278. The molecule has 144 valence electrons. The topological polar surface area (TPSA) is 118 Å². The van der Waals surface area contributed by atoms with Gasteiger partial charge in [0.15, 0.2) is 0 Å². The number of aryl methyl sites for hydroxylation is 1. The van der Waals surface area contributed by atoms with Gasteiger partial charge in [0.05, 0.1) is 21.1 Å². The molecule has 27 heavy (non-hydrogen) atoms. The molecular weight excluding hydrogens is 370 g/mol. The Morgan fingerprint density at radius 3 is 2.48 bits per heavy atom. The lowest BCUT2D eigenvalue weighted by molar-refractivity contribution is -0.385. The van der Waals surface area contributed by atoms with Gasteiger partial charge in [-0.25, -0.2) is 8.42 Å². The maximum atomic E-state index is 12.8. The zero-order valence-electron chi connectivity index (χ0n) is 15.2. The summed E-state index contributed by atoms with van der Waals surface area (Å²) in [6, 6.07) is 9.80. The van der Waals surface area contributed by atoms with Gasteiger partial charge >= 0.3 is 0 Å². The van der Waals surface area contributed by atoms with Gasteiger partial charge in [0.2, 0.25) is 0 Å². The van der Waals surface area contributed by atoms with Gasteiger partial charge in [-0.2, -0.15) is 0 Å². The van der Waals surface area contributed by atoms with E-state index in [1.165, 1.54) is 24.3 Å². The van der Waals surface area contributed by atoms with Crippen LogP contribution in [0.15, 0.2) is 47.4 Å². The summed E-state index contributed by atoms with van der Waals surface area (Å²) in [7, 11) is -4.12. The van der Waals surface area contributed by atoms with Crippen molar-refractivity contribution in [1.82, 2.24) is 5.32 Å².